The van der Waals surface area contributed by atoms with E-state index in [0.29, 0.717) is 5.71 Å². The molecule has 0 aromatic heterocycles. The first-order valence-electron chi connectivity index (χ1n) is 5.72. The summed E-state index contributed by atoms with van der Waals surface area (Å²) in [7, 11) is 1.44. The normalized spacial score (nSPS) is 16.1. The summed E-state index contributed by atoms with van der Waals surface area (Å²) in [6, 6.07) is 0. The first kappa shape index (κ1) is 13.6. The Morgan fingerprint density at radius 3 is 2.59 bits per heavy atom. The molecule has 2 amide bonds. The van der Waals surface area contributed by atoms with Crippen molar-refractivity contribution in [3.05, 3.63) is 0 Å². The van der Waals surface area contributed by atoms with Gasteiger partial charge >= 0.3 is 0 Å². The van der Waals surface area contributed by atoms with Gasteiger partial charge < -0.3 is 9.64 Å². The molecule has 1 rings (SSSR count). The highest BCUT2D eigenvalue weighted by Crippen LogP contribution is 2.08. The third-order valence-electron chi connectivity index (χ3n) is 2.51. The smallest absolute Gasteiger partial charge is 0.266 e. The van der Waals surface area contributed by atoms with Crippen LogP contribution in [0.2, 0.25) is 0 Å². The molecule has 6 heteroatoms. The number of nitrogens with one attached hydrogen (secondary N) is 1. The predicted molar refractivity (Wildman–Crippen MR) is 63.6 cm³/mol. The number of carbonyl (C=O) groups excluding carboxylic acids is 2. The fourth-order valence-corrected chi connectivity index (χ4v) is 1.66. The van der Waals surface area contributed by atoms with E-state index in [1.165, 1.54) is 7.11 Å². The Morgan fingerprint density at radius 2 is 2.00 bits per heavy atom. The van der Waals surface area contributed by atoms with Crippen LogP contribution < -0.4 is 5.43 Å². The topological polar surface area (TPSA) is 71.0 Å². The Balaban J connectivity index is 2.31. The lowest BCUT2D eigenvalue weighted by atomic mass is 10.3. The summed E-state index contributed by atoms with van der Waals surface area (Å²) in [6.07, 6.45) is 2.41. The van der Waals surface area contributed by atoms with Crippen LogP contribution in [-0.2, 0) is 14.3 Å². The minimum atomic E-state index is -0.319. The number of methoxy groups -OCH3 is 1. The zero-order valence-corrected chi connectivity index (χ0v) is 10.4. The molecule has 96 valence electrons. The Morgan fingerprint density at radius 1 is 1.35 bits per heavy atom. The maximum Gasteiger partial charge on any atom is 0.266 e. The van der Waals surface area contributed by atoms with E-state index in [0.717, 1.165) is 25.9 Å². The molecule has 0 unspecified atom stereocenters. The zero-order chi connectivity index (χ0) is 12.7. The van der Waals surface area contributed by atoms with E-state index in [-0.39, 0.29) is 24.8 Å². The first-order chi connectivity index (χ1) is 8.13. The summed E-state index contributed by atoms with van der Waals surface area (Å²) >= 11 is 0. The van der Waals surface area contributed by atoms with Gasteiger partial charge in [-0.2, -0.15) is 5.10 Å². The highest BCUT2D eigenvalue weighted by molar-refractivity contribution is 6.00. The third kappa shape index (κ3) is 4.95. The van der Waals surface area contributed by atoms with Gasteiger partial charge in [0.05, 0.1) is 6.42 Å². The van der Waals surface area contributed by atoms with Crippen molar-refractivity contribution in [3.63, 3.8) is 0 Å². The fourth-order valence-electron chi connectivity index (χ4n) is 1.66. The van der Waals surface area contributed by atoms with Crippen LogP contribution in [-0.4, -0.2) is 49.2 Å². The Labute approximate surface area is 101 Å². The molecular formula is C11H19N3O3. The monoisotopic (exact) mass is 241 g/mol. The molecule has 1 saturated heterocycles. The van der Waals surface area contributed by atoms with Gasteiger partial charge in [-0.25, -0.2) is 5.43 Å². The van der Waals surface area contributed by atoms with Crippen LogP contribution in [0.3, 0.4) is 0 Å². The molecule has 1 heterocycles. The summed E-state index contributed by atoms with van der Waals surface area (Å²) in [5.74, 6) is -0.245. The van der Waals surface area contributed by atoms with Gasteiger partial charge in [0.15, 0.2) is 0 Å². The quantitative estimate of drug-likeness (QED) is 0.549. The van der Waals surface area contributed by atoms with Gasteiger partial charge in [0.2, 0.25) is 5.91 Å². The number of carbonyl (C=O) groups is 2. The van der Waals surface area contributed by atoms with Crippen molar-refractivity contribution < 1.29 is 14.3 Å². The second-order valence-corrected chi connectivity index (χ2v) is 4.08. The van der Waals surface area contributed by atoms with Gasteiger partial charge in [0, 0.05) is 25.9 Å². The Kier molecular flexibility index (Phi) is 5.62. The predicted octanol–water partition coefficient (Wildman–Crippen LogP) is 0.137. The molecule has 6 nitrogen and oxygen atoms in total. The van der Waals surface area contributed by atoms with E-state index in [1.807, 2.05) is 4.90 Å². The second kappa shape index (κ2) is 7.01. The van der Waals surface area contributed by atoms with Crippen LogP contribution in [0, 0.1) is 0 Å². The van der Waals surface area contributed by atoms with Crippen molar-refractivity contribution in [2.45, 2.75) is 26.2 Å². The summed E-state index contributed by atoms with van der Waals surface area (Å²) in [5, 5.41) is 3.84. The van der Waals surface area contributed by atoms with E-state index in [1.54, 1.807) is 6.92 Å². The van der Waals surface area contributed by atoms with E-state index >= 15 is 0 Å². The Bertz CT molecular complexity index is 309. The average molecular weight is 241 g/mol. The van der Waals surface area contributed by atoms with Crippen molar-refractivity contribution in [1.82, 2.24) is 10.3 Å². The van der Waals surface area contributed by atoms with E-state index < -0.39 is 0 Å². The molecule has 17 heavy (non-hydrogen) atoms. The summed E-state index contributed by atoms with van der Waals surface area (Å²) < 4.78 is 4.64. The minimum absolute atomic E-state index is 0.0309. The van der Waals surface area contributed by atoms with Crippen LogP contribution in [0.4, 0.5) is 0 Å². The summed E-state index contributed by atoms with van der Waals surface area (Å²) in [4.78, 5) is 24.6. The number of amides is 2. The maximum absolute atomic E-state index is 11.7. The standard InChI is InChI=1S/C11H19N3O3/c1-9(12-13-10(15)8-17-2)7-11(16)14-5-3-4-6-14/h3-8H2,1-2H3,(H,13,15)/b12-9-. The van der Waals surface area contributed by atoms with Crippen LogP contribution in [0.1, 0.15) is 26.2 Å². The van der Waals surface area contributed by atoms with E-state index in [2.05, 4.69) is 15.3 Å². The highest BCUT2D eigenvalue weighted by atomic mass is 16.5. The van der Waals surface area contributed by atoms with Gasteiger partial charge in [-0.3, -0.25) is 9.59 Å². The molecule has 1 aliphatic heterocycles. The third-order valence-corrected chi connectivity index (χ3v) is 2.51. The number of rotatable bonds is 5. The number of likely N-dealkylation sites (tertiary alicyclic amines) is 1. The van der Waals surface area contributed by atoms with Crippen LogP contribution in [0.25, 0.3) is 0 Å². The SMILES string of the molecule is COCC(=O)N/N=C(/C)CC(=O)N1CCCC1. The second-order valence-electron chi connectivity index (χ2n) is 4.08. The first-order valence-corrected chi connectivity index (χ1v) is 5.72. The van der Waals surface area contributed by atoms with Crippen LogP contribution >= 0.6 is 0 Å². The summed E-state index contributed by atoms with van der Waals surface area (Å²) in [6.45, 7) is 3.36. The average Bonchev–Trinajstić information content (AvgIpc) is 2.80. The number of hydrogen-bond acceptors (Lipinski definition) is 4. The molecule has 0 radical (unpaired) electrons. The van der Waals surface area contributed by atoms with Gasteiger partial charge in [0.25, 0.3) is 5.91 Å². The molecule has 1 aliphatic rings. The van der Waals surface area contributed by atoms with E-state index in [4.69, 9.17) is 0 Å². The number of ether oxygens (including phenoxy) is 1. The number of nitrogens with zero attached hydrogens (tertiary/aromatic N) is 2. The van der Waals surface area contributed by atoms with Gasteiger partial charge in [0.1, 0.15) is 6.61 Å². The Hall–Kier alpha value is -1.43. The largest absolute Gasteiger partial charge is 0.375 e. The lowest BCUT2D eigenvalue weighted by Crippen LogP contribution is -2.30. The lowest BCUT2D eigenvalue weighted by Gasteiger charge is -2.14. The van der Waals surface area contributed by atoms with Crippen molar-refractivity contribution in [2.24, 2.45) is 5.10 Å². The molecule has 0 aliphatic carbocycles. The molecule has 0 bridgehead atoms. The van der Waals surface area contributed by atoms with Gasteiger partial charge in [-0.1, -0.05) is 0 Å². The molecule has 0 spiro atoms. The molecule has 1 fully saturated rings. The fraction of sp³-hybridized carbons (Fsp3) is 0.727. The molecule has 1 N–H and O–H groups in total. The molecule has 0 atom stereocenters. The minimum Gasteiger partial charge on any atom is -0.375 e. The lowest BCUT2D eigenvalue weighted by molar-refractivity contribution is -0.129. The number of hydrazone groups is 1. The number of hydrogen-bond donors (Lipinski definition) is 1. The zero-order valence-electron chi connectivity index (χ0n) is 10.4. The van der Waals surface area contributed by atoms with Crippen molar-refractivity contribution >= 4 is 17.5 Å². The van der Waals surface area contributed by atoms with Crippen molar-refractivity contribution in [2.75, 3.05) is 26.8 Å². The van der Waals surface area contributed by atoms with Crippen LogP contribution in [0.15, 0.2) is 5.10 Å². The van der Waals surface area contributed by atoms with E-state index in [9.17, 15) is 9.59 Å². The molecule has 0 aromatic rings. The molecule has 0 saturated carbocycles. The van der Waals surface area contributed by atoms with Gasteiger partial charge in [-0.05, 0) is 19.8 Å². The highest BCUT2D eigenvalue weighted by Gasteiger charge is 2.18. The maximum atomic E-state index is 11.7. The van der Waals surface area contributed by atoms with Crippen molar-refractivity contribution in [1.29, 1.82) is 0 Å². The summed E-state index contributed by atoms with van der Waals surface area (Å²) in [5.41, 5.74) is 2.94. The van der Waals surface area contributed by atoms with Crippen LogP contribution in [0.5, 0.6) is 0 Å². The molecular weight excluding hydrogens is 222 g/mol. The van der Waals surface area contributed by atoms with Gasteiger partial charge in [-0.15, -0.1) is 0 Å². The molecule has 0 aromatic carbocycles. The van der Waals surface area contributed by atoms with Crippen molar-refractivity contribution in [3.8, 4) is 0 Å².